The van der Waals surface area contributed by atoms with Crippen molar-refractivity contribution in [3.05, 3.63) is 197 Å². The lowest BCUT2D eigenvalue weighted by Gasteiger charge is -2.25. The molecule has 7 aromatic carbocycles. The molecule has 0 spiro atoms. The van der Waals surface area contributed by atoms with Crippen LogP contribution in [0.25, 0.3) is 72.3 Å². The fourth-order valence-corrected chi connectivity index (χ4v) is 13.7. The van der Waals surface area contributed by atoms with Gasteiger partial charge in [-0.1, -0.05) is 167 Å². The Hall–Kier alpha value is -7.24. The lowest BCUT2D eigenvalue weighted by molar-refractivity contribution is -0.571. The monoisotopic (exact) mass is 957 g/mol. The predicted molar refractivity (Wildman–Crippen MR) is 303 cm³/mol. The van der Waals surface area contributed by atoms with Crippen LogP contribution in [0.4, 0.5) is 0 Å². The number of hydrogen-bond acceptors (Lipinski definition) is 2. The third kappa shape index (κ3) is 7.55. The minimum Gasteiger partial charge on any atom is -0.458 e. The second-order valence-corrected chi connectivity index (χ2v) is 25.1. The van der Waals surface area contributed by atoms with Gasteiger partial charge in [0.1, 0.15) is 17.3 Å². The van der Waals surface area contributed by atoms with Gasteiger partial charge >= 0.3 is 0 Å². The number of aryl methyl sites for hydroxylation is 2. The third-order valence-corrected chi connectivity index (χ3v) is 16.6. The molecule has 366 valence electrons. The Morgan fingerprint density at radius 3 is 1.75 bits per heavy atom. The van der Waals surface area contributed by atoms with E-state index in [0.29, 0.717) is 0 Å². The topological polar surface area (TPSA) is 35.9 Å². The van der Waals surface area contributed by atoms with Crippen molar-refractivity contribution in [1.82, 2.24) is 14.1 Å². The van der Waals surface area contributed by atoms with Gasteiger partial charge in [-0.3, -0.25) is 13.7 Å². The first kappa shape index (κ1) is 46.8. The molecule has 12 rings (SSSR count). The van der Waals surface area contributed by atoms with E-state index in [0.717, 1.165) is 69.0 Å². The highest BCUT2D eigenvalue weighted by Gasteiger charge is 2.43. The van der Waals surface area contributed by atoms with Crippen LogP contribution in [0.2, 0.25) is 0 Å². The number of imidazole rings is 1. The van der Waals surface area contributed by atoms with Crippen LogP contribution < -0.4 is 9.30 Å². The van der Waals surface area contributed by atoms with Crippen LogP contribution in [0.15, 0.2) is 152 Å². The highest BCUT2D eigenvalue weighted by atomic mass is 16.5. The molecule has 0 aliphatic heterocycles. The van der Waals surface area contributed by atoms with Crippen molar-refractivity contribution in [2.24, 2.45) is 0 Å². The Morgan fingerprint density at radius 2 is 1.11 bits per heavy atom. The summed E-state index contributed by atoms with van der Waals surface area (Å²) < 4.78 is 13.7. The highest BCUT2D eigenvalue weighted by molar-refractivity contribution is 6.09. The molecule has 0 fully saturated rings. The molecule has 0 saturated heterocycles. The third-order valence-electron chi connectivity index (χ3n) is 16.6. The van der Waals surface area contributed by atoms with Gasteiger partial charge < -0.3 is 4.74 Å². The van der Waals surface area contributed by atoms with Gasteiger partial charge in [0, 0.05) is 23.0 Å². The number of para-hydroxylation sites is 3. The summed E-state index contributed by atoms with van der Waals surface area (Å²) in [6.07, 6.45) is 8.16. The van der Waals surface area contributed by atoms with E-state index in [1.165, 1.54) is 66.6 Å². The molecule has 0 N–H and O–H groups in total. The zero-order valence-corrected chi connectivity index (χ0v) is 45.0. The van der Waals surface area contributed by atoms with E-state index >= 15 is 0 Å². The lowest BCUT2D eigenvalue weighted by Crippen LogP contribution is -2.32. The number of nitrogens with zero attached hydrogens (tertiary/aromatic N) is 4. The molecule has 2 aliphatic carbocycles. The maximum absolute atomic E-state index is 6.87. The molecular weight excluding hydrogens is 889 g/mol. The molecular formula is C68H68N4O. The molecule has 5 nitrogen and oxygen atoms in total. The van der Waals surface area contributed by atoms with Crippen LogP contribution in [-0.4, -0.2) is 14.1 Å². The van der Waals surface area contributed by atoms with E-state index in [1.807, 2.05) is 12.3 Å². The summed E-state index contributed by atoms with van der Waals surface area (Å²) >= 11 is 0. The maximum Gasteiger partial charge on any atom is 0.269 e. The first-order valence-electron chi connectivity index (χ1n) is 26.3. The van der Waals surface area contributed by atoms with Crippen molar-refractivity contribution in [3.63, 3.8) is 0 Å². The van der Waals surface area contributed by atoms with E-state index in [1.54, 1.807) is 0 Å². The second kappa shape index (κ2) is 16.1. The van der Waals surface area contributed by atoms with Gasteiger partial charge in [0.05, 0.1) is 33.4 Å². The number of rotatable bonds is 7. The van der Waals surface area contributed by atoms with Gasteiger partial charge in [0.2, 0.25) is 0 Å². The van der Waals surface area contributed by atoms with E-state index in [-0.39, 0.29) is 27.1 Å². The summed E-state index contributed by atoms with van der Waals surface area (Å²) in [5.74, 6) is 2.39. The maximum atomic E-state index is 6.87. The van der Waals surface area contributed by atoms with Gasteiger partial charge in [-0.05, 0) is 163 Å². The molecule has 5 heteroatoms. The summed E-state index contributed by atoms with van der Waals surface area (Å²) in [6.45, 7) is 30.6. The zero-order valence-electron chi connectivity index (χ0n) is 45.0. The molecule has 3 aromatic heterocycles. The molecule has 2 aliphatic rings. The van der Waals surface area contributed by atoms with Gasteiger partial charge in [-0.15, -0.1) is 0 Å². The minimum atomic E-state index is -0.0188. The highest BCUT2D eigenvalue weighted by Crippen LogP contribution is 2.53. The summed E-state index contributed by atoms with van der Waals surface area (Å²) in [4.78, 5) is 4.92. The Bertz CT molecular complexity index is 3800. The summed E-state index contributed by atoms with van der Waals surface area (Å²) in [5, 5.41) is 2.34. The quantitative estimate of drug-likeness (QED) is 0.118. The van der Waals surface area contributed by atoms with Crippen molar-refractivity contribution in [3.8, 4) is 50.9 Å². The van der Waals surface area contributed by atoms with Gasteiger partial charge in [-0.25, -0.2) is 4.98 Å². The van der Waals surface area contributed by atoms with Crippen LogP contribution in [0, 0.1) is 20.2 Å². The van der Waals surface area contributed by atoms with E-state index in [4.69, 9.17) is 9.72 Å². The largest absolute Gasteiger partial charge is 0.458 e. The smallest absolute Gasteiger partial charge is 0.269 e. The first-order chi connectivity index (χ1) is 34.6. The molecule has 0 atom stereocenters. The Labute approximate surface area is 432 Å². The van der Waals surface area contributed by atoms with Crippen LogP contribution in [0.1, 0.15) is 128 Å². The number of fused-ring (bicyclic) bond motifs is 6. The number of hydrogen-bond donors (Lipinski definition) is 0. The zero-order chi connectivity index (χ0) is 51.1. The van der Waals surface area contributed by atoms with E-state index in [2.05, 4.69) is 250 Å². The molecule has 0 unspecified atom stereocenters. The molecule has 3 heterocycles. The van der Waals surface area contributed by atoms with Gasteiger partial charge in [0.15, 0.2) is 0 Å². The normalized spacial score (nSPS) is 16.3. The second-order valence-electron chi connectivity index (χ2n) is 25.1. The van der Waals surface area contributed by atoms with Crippen LogP contribution in [0.3, 0.4) is 0 Å². The van der Waals surface area contributed by atoms with Crippen LogP contribution in [-0.2, 0) is 27.1 Å². The molecule has 0 amide bonds. The van der Waals surface area contributed by atoms with Crippen molar-refractivity contribution >= 4 is 32.8 Å². The predicted octanol–water partition coefficient (Wildman–Crippen LogP) is 17.2. The molecule has 10 aromatic rings. The molecule has 73 heavy (non-hydrogen) atoms. The van der Waals surface area contributed by atoms with Gasteiger partial charge in [-0.2, -0.15) is 0 Å². The summed E-state index contributed by atoms with van der Waals surface area (Å²) in [7, 11) is 0. The average molecular weight is 957 g/mol. The SMILES string of the molecule is Cc1cc(C)c(-c2ccc3c(c2)C(C)(C)CC3(C)C)c(-[n+]2[c-]n(-c3cccc(Oc4ccc5c6ccccc6n(-c6cc(C(C)(C)C)ccn6)c5c4)c3)c3ccccc32)c1-c1ccc2c(c1)C(C)(C)CC2(C)C. The Kier molecular flexibility index (Phi) is 10.3. The first-order valence-corrected chi connectivity index (χ1v) is 26.3. The molecule has 0 bridgehead atoms. The van der Waals surface area contributed by atoms with E-state index < -0.39 is 0 Å². The Balaban J connectivity index is 1.02. The lowest BCUT2D eigenvalue weighted by atomic mass is 9.81. The molecule has 0 radical (unpaired) electrons. The van der Waals surface area contributed by atoms with Crippen LogP contribution >= 0.6 is 0 Å². The van der Waals surface area contributed by atoms with Crippen molar-refractivity contribution < 1.29 is 9.30 Å². The van der Waals surface area contributed by atoms with Crippen LogP contribution in [0.5, 0.6) is 11.5 Å². The average Bonchev–Trinajstić information content (AvgIpc) is 3.99. The van der Waals surface area contributed by atoms with Crippen molar-refractivity contribution in [2.45, 2.75) is 130 Å². The van der Waals surface area contributed by atoms with Crippen molar-refractivity contribution in [1.29, 1.82) is 0 Å². The minimum absolute atomic E-state index is 0.0188. The van der Waals surface area contributed by atoms with E-state index in [9.17, 15) is 0 Å². The van der Waals surface area contributed by atoms with Crippen molar-refractivity contribution in [2.75, 3.05) is 0 Å². The number of aromatic nitrogens is 4. The number of benzene rings is 7. The standard InChI is InChI=1S/C68H68N4O/c1-42-33-43(2)62(45-26-30-53-55(35-45)68(12,13)40-66(53,8)9)63(61(42)44-25-29-52-54(34-44)67(10,11)39-65(52,6)7)71-41-70(57-23-16-17-24-58(57)71)47-19-18-20-48(37-47)73-49-27-28-51-50-21-14-15-22-56(50)72(59(51)38-49)60-36-46(31-32-69-60)64(3,4)5/h14-38H,39-40H2,1-13H3. The molecule has 0 saturated carbocycles. The fourth-order valence-electron chi connectivity index (χ4n) is 13.7. The number of pyridine rings is 1. The summed E-state index contributed by atoms with van der Waals surface area (Å²) in [6, 6.07) is 53.6. The van der Waals surface area contributed by atoms with Gasteiger partial charge in [0.25, 0.3) is 6.33 Å². The fraction of sp³-hybridized carbons (Fsp3) is 0.294. The Morgan fingerprint density at radius 1 is 0.534 bits per heavy atom. The summed E-state index contributed by atoms with van der Waals surface area (Å²) in [5.41, 5.74) is 21.2. The number of ether oxygens (including phenoxy) is 1.